The Hall–Kier alpha value is -5.92. The van der Waals surface area contributed by atoms with Crippen LogP contribution in [0.15, 0.2) is 164 Å². The monoisotopic (exact) mass is 665 g/mol. The van der Waals surface area contributed by atoms with Crippen molar-refractivity contribution in [3.8, 4) is 11.5 Å². The Morgan fingerprint density at radius 3 is 1.74 bits per heavy atom. The fourth-order valence-electron chi connectivity index (χ4n) is 6.12. The zero-order valence-electron chi connectivity index (χ0n) is 28.0. The number of rotatable bonds is 14. The first kappa shape index (κ1) is 34.0. The van der Waals surface area contributed by atoms with E-state index in [0.29, 0.717) is 43.4 Å². The van der Waals surface area contributed by atoms with Gasteiger partial charge in [-0.25, -0.2) is 9.18 Å². The molecule has 6 rings (SSSR count). The van der Waals surface area contributed by atoms with E-state index in [1.54, 1.807) is 24.1 Å². The molecule has 0 unspecified atom stereocenters. The summed E-state index contributed by atoms with van der Waals surface area (Å²) in [4.78, 5) is 15.6. The minimum absolute atomic E-state index is 0.291. The highest BCUT2D eigenvalue weighted by Gasteiger charge is 2.36. The number of carbonyl (C=O) groups excluding carboxylic acids is 1. The van der Waals surface area contributed by atoms with Gasteiger partial charge in [-0.1, -0.05) is 127 Å². The number of anilines is 1. The zero-order valence-corrected chi connectivity index (χ0v) is 28.0. The van der Waals surface area contributed by atoms with Gasteiger partial charge in [0, 0.05) is 25.3 Å². The second-order valence-electron chi connectivity index (χ2n) is 11.9. The fourth-order valence-corrected chi connectivity index (χ4v) is 6.12. The van der Waals surface area contributed by atoms with Crippen molar-refractivity contribution < 1.29 is 18.7 Å². The highest BCUT2D eigenvalue weighted by atomic mass is 19.1. The molecule has 7 heteroatoms. The zero-order chi connectivity index (χ0) is 34.6. The quantitative estimate of drug-likeness (QED) is 0.114. The van der Waals surface area contributed by atoms with Crippen molar-refractivity contribution in [3.05, 3.63) is 197 Å². The van der Waals surface area contributed by atoms with Gasteiger partial charge in [-0.15, -0.1) is 0 Å². The molecular weight excluding hydrogens is 625 g/mol. The van der Waals surface area contributed by atoms with E-state index in [4.69, 9.17) is 9.47 Å². The molecule has 6 aromatic rings. The average molecular weight is 666 g/mol. The van der Waals surface area contributed by atoms with Crippen LogP contribution in [-0.2, 0) is 18.7 Å². The molecule has 2 amide bonds. The molecule has 0 spiro atoms. The van der Waals surface area contributed by atoms with Gasteiger partial charge in [-0.2, -0.15) is 0 Å². The molecule has 0 atom stereocenters. The summed E-state index contributed by atoms with van der Waals surface area (Å²) in [6.45, 7) is 1.50. The molecular formula is C43H40FN3O3. The Morgan fingerprint density at radius 2 is 1.20 bits per heavy atom. The van der Waals surface area contributed by atoms with Gasteiger partial charge in [-0.3, -0.25) is 5.32 Å². The van der Waals surface area contributed by atoms with Gasteiger partial charge in [0.2, 0.25) is 0 Å². The summed E-state index contributed by atoms with van der Waals surface area (Å²) in [5.74, 6) is 0.818. The van der Waals surface area contributed by atoms with E-state index in [9.17, 15) is 9.18 Å². The Labute approximate surface area is 293 Å². The molecule has 0 aliphatic heterocycles. The van der Waals surface area contributed by atoms with E-state index in [-0.39, 0.29) is 11.8 Å². The minimum Gasteiger partial charge on any atom is -0.493 e. The first-order valence-corrected chi connectivity index (χ1v) is 16.6. The molecule has 0 aromatic heterocycles. The Morgan fingerprint density at radius 1 is 0.660 bits per heavy atom. The van der Waals surface area contributed by atoms with Crippen LogP contribution in [-0.4, -0.2) is 31.1 Å². The summed E-state index contributed by atoms with van der Waals surface area (Å²) < 4.78 is 25.5. The number of nitrogens with one attached hydrogen (secondary N) is 2. The molecule has 6 nitrogen and oxygen atoms in total. The standard InChI is InChI=1S/C43H40FN3O3/c1-49-41-30-34(22-27-40(41)50-32-33-14-6-2-7-15-33)31-47(42(48)46-39-25-23-38(44)24-26-39)29-28-45-43(35-16-8-3-9-17-35,36-18-10-4-11-19-36)37-20-12-5-13-21-37/h2-27,30,45H,28-29,31-32H2,1H3,(H,46,48). The molecule has 0 saturated heterocycles. The van der Waals surface area contributed by atoms with Crippen LogP contribution in [0.1, 0.15) is 27.8 Å². The molecule has 0 aliphatic carbocycles. The summed E-state index contributed by atoms with van der Waals surface area (Å²) >= 11 is 0. The number of amides is 2. The second kappa shape index (κ2) is 16.5. The van der Waals surface area contributed by atoms with Gasteiger partial charge >= 0.3 is 6.03 Å². The van der Waals surface area contributed by atoms with Crippen LogP contribution in [0.25, 0.3) is 0 Å². The van der Waals surface area contributed by atoms with Gasteiger partial charge in [-0.05, 0) is 64.2 Å². The maximum Gasteiger partial charge on any atom is 0.322 e. The minimum atomic E-state index is -0.691. The third-order valence-corrected chi connectivity index (χ3v) is 8.61. The van der Waals surface area contributed by atoms with Crippen molar-refractivity contribution >= 4 is 11.7 Å². The molecule has 0 radical (unpaired) electrons. The molecule has 0 fully saturated rings. The summed E-state index contributed by atoms with van der Waals surface area (Å²) in [6.07, 6.45) is 0. The number of nitrogens with zero attached hydrogens (tertiary/aromatic N) is 1. The Balaban J connectivity index is 1.28. The van der Waals surface area contributed by atoms with Gasteiger partial charge in [0.05, 0.1) is 12.6 Å². The lowest BCUT2D eigenvalue weighted by Crippen LogP contribution is -2.48. The normalized spacial score (nSPS) is 11.1. The van der Waals surface area contributed by atoms with Gasteiger partial charge < -0.3 is 19.7 Å². The molecule has 50 heavy (non-hydrogen) atoms. The lowest BCUT2D eigenvalue weighted by Gasteiger charge is -2.38. The van der Waals surface area contributed by atoms with Crippen molar-refractivity contribution in [2.75, 3.05) is 25.5 Å². The summed E-state index contributed by atoms with van der Waals surface area (Å²) in [6, 6.07) is 52.1. The number of benzene rings is 6. The van der Waals surface area contributed by atoms with E-state index in [1.165, 1.54) is 12.1 Å². The number of hydrogen-bond acceptors (Lipinski definition) is 4. The van der Waals surface area contributed by atoms with Crippen molar-refractivity contribution in [1.29, 1.82) is 0 Å². The summed E-state index contributed by atoms with van der Waals surface area (Å²) in [5, 5.41) is 6.82. The number of ether oxygens (including phenoxy) is 2. The van der Waals surface area contributed by atoms with Gasteiger partial charge in [0.15, 0.2) is 11.5 Å². The van der Waals surface area contributed by atoms with Crippen LogP contribution in [0.3, 0.4) is 0 Å². The van der Waals surface area contributed by atoms with E-state index < -0.39 is 5.54 Å². The van der Waals surface area contributed by atoms with Crippen LogP contribution in [0.4, 0.5) is 14.9 Å². The molecule has 0 aliphatic rings. The van der Waals surface area contributed by atoms with Crippen LogP contribution < -0.4 is 20.1 Å². The topological polar surface area (TPSA) is 62.8 Å². The molecule has 0 saturated carbocycles. The van der Waals surface area contributed by atoms with Crippen molar-refractivity contribution in [3.63, 3.8) is 0 Å². The Bertz CT molecular complexity index is 1840. The summed E-state index contributed by atoms with van der Waals surface area (Å²) in [7, 11) is 1.60. The average Bonchev–Trinajstić information content (AvgIpc) is 3.18. The highest BCUT2D eigenvalue weighted by molar-refractivity contribution is 5.89. The van der Waals surface area contributed by atoms with E-state index in [0.717, 1.165) is 27.8 Å². The number of methoxy groups -OCH3 is 1. The highest BCUT2D eigenvalue weighted by Crippen LogP contribution is 2.37. The number of carbonyl (C=O) groups is 1. The summed E-state index contributed by atoms with van der Waals surface area (Å²) in [5.41, 5.74) is 4.96. The lowest BCUT2D eigenvalue weighted by molar-refractivity contribution is 0.207. The van der Waals surface area contributed by atoms with Crippen LogP contribution >= 0.6 is 0 Å². The first-order valence-electron chi connectivity index (χ1n) is 16.6. The van der Waals surface area contributed by atoms with Gasteiger partial charge in [0.1, 0.15) is 12.4 Å². The van der Waals surface area contributed by atoms with Gasteiger partial charge in [0.25, 0.3) is 0 Å². The van der Waals surface area contributed by atoms with Crippen LogP contribution in [0, 0.1) is 5.82 Å². The number of hydrogen-bond donors (Lipinski definition) is 2. The third-order valence-electron chi connectivity index (χ3n) is 8.61. The molecule has 2 N–H and O–H groups in total. The molecule has 252 valence electrons. The largest absolute Gasteiger partial charge is 0.493 e. The van der Waals surface area contributed by atoms with E-state index in [1.807, 2.05) is 103 Å². The first-order chi connectivity index (χ1) is 24.5. The predicted molar refractivity (Wildman–Crippen MR) is 197 cm³/mol. The second-order valence-corrected chi connectivity index (χ2v) is 11.9. The van der Waals surface area contributed by atoms with E-state index >= 15 is 0 Å². The number of halogens is 1. The van der Waals surface area contributed by atoms with E-state index in [2.05, 4.69) is 47.0 Å². The van der Waals surface area contributed by atoms with Crippen LogP contribution in [0.5, 0.6) is 11.5 Å². The van der Waals surface area contributed by atoms with Crippen molar-refractivity contribution in [2.24, 2.45) is 0 Å². The Kier molecular flexibility index (Phi) is 11.2. The van der Waals surface area contributed by atoms with Crippen LogP contribution in [0.2, 0.25) is 0 Å². The maximum absolute atomic E-state index is 13.9. The lowest BCUT2D eigenvalue weighted by atomic mass is 9.77. The van der Waals surface area contributed by atoms with Crippen molar-refractivity contribution in [1.82, 2.24) is 10.2 Å². The third kappa shape index (κ3) is 8.20. The SMILES string of the molecule is COc1cc(CN(CCNC(c2ccccc2)(c2ccccc2)c2ccccc2)C(=O)Nc2ccc(F)cc2)ccc1OCc1ccccc1. The smallest absolute Gasteiger partial charge is 0.322 e. The van der Waals surface area contributed by atoms with Crippen molar-refractivity contribution in [2.45, 2.75) is 18.7 Å². The number of urea groups is 1. The molecule has 6 aromatic carbocycles. The molecule has 0 heterocycles. The fraction of sp³-hybridized carbons (Fsp3) is 0.140. The predicted octanol–water partition coefficient (Wildman–Crippen LogP) is 9.03. The molecule has 0 bridgehead atoms. The maximum atomic E-state index is 13.9.